The van der Waals surface area contributed by atoms with Crippen LogP contribution in [0.25, 0.3) is 0 Å². The predicted octanol–water partition coefficient (Wildman–Crippen LogP) is 3.68. The van der Waals surface area contributed by atoms with Crippen LogP contribution in [0.5, 0.6) is 5.75 Å². The molecular formula is C13H15BrN4OS. The largest absolute Gasteiger partial charge is 0.492 e. The number of hydrogen-bond donors (Lipinski definition) is 1. The van der Waals surface area contributed by atoms with Crippen LogP contribution in [0.2, 0.25) is 0 Å². The minimum Gasteiger partial charge on any atom is -0.492 e. The van der Waals surface area contributed by atoms with Crippen LogP contribution in [-0.2, 0) is 0 Å². The van der Waals surface area contributed by atoms with Gasteiger partial charge in [0.25, 0.3) is 0 Å². The van der Waals surface area contributed by atoms with Crippen molar-refractivity contribution >= 4 is 34.4 Å². The number of H-pyrrole nitrogens is 1. The van der Waals surface area contributed by atoms with Gasteiger partial charge in [-0.2, -0.15) is 14.9 Å². The van der Waals surface area contributed by atoms with Crippen molar-refractivity contribution in [1.82, 2.24) is 14.9 Å². The fourth-order valence-electron chi connectivity index (χ4n) is 1.56. The highest BCUT2D eigenvalue weighted by molar-refractivity contribution is 9.10. The summed E-state index contributed by atoms with van der Waals surface area (Å²) in [4.78, 5) is 0. The number of benzene rings is 1. The van der Waals surface area contributed by atoms with Gasteiger partial charge in [0.1, 0.15) is 11.6 Å². The van der Waals surface area contributed by atoms with Crippen molar-refractivity contribution in [3.8, 4) is 5.75 Å². The third-order valence-electron chi connectivity index (χ3n) is 2.55. The van der Waals surface area contributed by atoms with Crippen LogP contribution in [0.3, 0.4) is 0 Å². The first kappa shape index (κ1) is 14.9. The number of halogens is 1. The average Bonchev–Trinajstić information content (AvgIpc) is 2.75. The molecule has 1 N–H and O–H groups in total. The molecule has 0 bridgehead atoms. The molecule has 20 heavy (non-hydrogen) atoms. The second kappa shape index (κ2) is 6.81. The molecule has 0 spiro atoms. The molecule has 0 unspecified atom stereocenters. The van der Waals surface area contributed by atoms with E-state index >= 15 is 0 Å². The number of ether oxygens (including phenoxy) is 1. The van der Waals surface area contributed by atoms with Gasteiger partial charge < -0.3 is 4.74 Å². The Labute approximate surface area is 130 Å². The quantitative estimate of drug-likeness (QED) is 0.658. The summed E-state index contributed by atoms with van der Waals surface area (Å²) < 4.78 is 8.55. The molecule has 0 aliphatic carbocycles. The summed E-state index contributed by atoms with van der Waals surface area (Å²) in [6.45, 7) is 4.61. The Bertz CT molecular complexity index is 677. The first-order valence-electron chi connectivity index (χ1n) is 6.22. The van der Waals surface area contributed by atoms with Gasteiger partial charge in [-0.05, 0) is 65.3 Å². The zero-order chi connectivity index (χ0) is 14.5. The lowest BCUT2D eigenvalue weighted by atomic mass is 10.2. The van der Waals surface area contributed by atoms with Crippen molar-refractivity contribution in [1.29, 1.82) is 0 Å². The van der Waals surface area contributed by atoms with Crippen molar-refractivity contribution in [2.45, 2.75) is 20.3 Å². The van der Waals surface area contributed by atoms with E-state index in [4.69, 9.17) is 17.0 Å². The second-order valence-electron chi connectivity index (χ2n) is 4.17. The van der Waals surface area contributed by atoms with E-state index in [1.807, 2.05) is 25.1 Å². The predicted molar refractivity (Wildman–Crippen MR) is 85.1 cm³/mol. The first-order chi connectivity index (χ1) is 9.61. The molecule has 5 nitrogen and oxygen atoms in total. The number of aromatic nitrogens is 3. The topological polar surface area (TPSA) is 55.2 Å². The molecule has 0 atom stereocenters. The zero-order valence-corrected chi connectivity index (χ0v) is 13.7. The molecule has 106 valence electrons. The van der Waals surface area contributed by atoms with Gasteiger partial charge in [0.15, 0.2) is 0 Å². The van der Waals surface area contributed by atoms with Crippen LogP contribution < -0.4 is 4.74 Å². The molecule has 0 saturated carbocycles. The maximum absolute atomic E-state index is 5.60. The summed E-state index contributed by atoms with van der Waals surface area (Å²) in [7, 11) is 0. The number of aryl methyl sites for hydroxylation is 1. The van der Waals surface area contributed by atoms with Gasteiger partial charge in [0.05, 0.1) is 17.3 Å². The Balaban J connectivity index is 2.18. The highest BCUT2D eigenvalue weighted by Crippen LogP contribution is 2.25. The molecule has 1 heterocycles. The summed E-state index contributed by atoms with van der Waals surface area (Å²) in [5, 5.41) is 11.0. The first-order valence-corrected chi connectivity index (χ1v) is 7.42. The fourth-order valence-corrected chi connectivity index (χ4v) is 2.29. The average molecular weight is 355 g/mol. The molecule has 0 aliphatic rings. The van der Waals surface area contributed by atoms with Crippen molar-refractivity contribution in [3.63, 3.8) is 0 Å². The van der Waals surface area contributed by atoms with Crippen molar-refractivity contribution in [2.75, 3.05) is 6.61 Å². The maximum atomic E-state index is 5.60. The molecule has 1 aromatic heterocycles. The lowest BCUT2D eigenvalue weighted by molar-refractivity contribution is 0.315. The van der Waals surface area contributed by atoms with Crippen molar-refractivity contribution < 1.29 is 4.74 Å². The van der Waals surface area contributed by atoms with Crippen LogP contribution in [-0.4, -0.2) is 27.7 Å². The highest BCUT2D eigenvalue weighted by Gasteiger charge is 2.02. The van der Waals surface area contributed by atoms with Crippen LogP contribution in [0.15, 0.2) is 27.8 Å². The van der Waals surface area contributed by atoms with E-state index in [2.05, 4.69) is 38.2 Å². The summed E-state index contributed by atoms with van der Waals surface area (Å²) in [5.74, 6) is 1.55. The van der Waals surface area contributed by atoms with Crippen LogP contribution >= 0.6 is 28.1 Å². The van der Waals surface area contributed by atoms with Crippen LogP contribution in [0, 0.1) is 11.7 Å². The van der Waals surface area contributed by atoms with E-state index in [1.54, 1.807) is 10.9 Å². The Morgan fingerprint density at radius 2 is 2.35 bits per heavy atom. The number of aromatic amines is 1. The summed E-state index contributed by atoms with van der Waals surface area (Å²) in [5.41, 5.74) is 0.947. The summed E-state index contributed by atoms with van der Waals surface area (Å²) in [6, 6.07) is 5.81. The second-order valence-corrected chi connectivity index (χ2v) is 5.41. The lowest BCUT2D eigenvalue weighted by Gasteiger charge is -2.07. The Morgan fingerprint density at radius 3 is 2.95 bits per heavy atom. The zero-order valence-electron chi connectivity index (χ0n) is 11.3. The standard InChI is InChI=1S/C13H15BrN4OS/c1-3-6-19-12-5-4-10(7-11(12)14)8-15-18-9(2)16-17-13(18)20/h4-5,7-8H,3,6H2,1-2H3,(H,17,20)/b15-8-. The lowest BCUT2D eigenvalue weighted by Crippen LogP contribution is -1.97. The van der Waals surface area contributed by atoms with E-state index in [1.165, 1.54) is 0 Å². The van der Waals surface area contributed by atoms with Crippen molar-refractivity contribution in [3.05, 3.63) is 38.8 Å². The minimum absolute atomic E-state index is 0.473. The third kappa shape index (κ3) is 3.55. The van der Waals surface area contributed by atoms with Gasteiger partial charge in [-0.1, -0.05) is 6.92 Å². The monoisotopic (exact) mass is 354 g/mol. The molecule has 2 rings (SSSR count). The van der Waals surface area contributed by atoms with Gasteiger partial charge in [-0.15, -0.1) is 0 Å². The molecular weight excluding hydrogens is 340 g/mol. The van der Waals surface area contributed by atoms with Gasteiger partial charge >= 0.3 is 0 Å². The van der Waals surface area contributed by atoms with Gasteiger partial charge in [-0.25, -0.2) is 0 Å². The molecule has 0 fully saturated rings. The molecule has 0 radical (unpaired) electrons. The number of nitrogens with zero attached hydrogens (tertiary/aromatic N) is 3. The van der Waals surface area contributed by atoms with Crippen molar-refractivity contribution in [2.24, 2.45) is 5.10 Å². The molecule has 0 aliphatic heterocycles. The Morgan fingerprint density at radius 1 is 1.55 bits per heavy atom. The smallest absolute Gasteiger partial charge is 0.216 e. The minimum atomic E-state index is 0.473. The molecule has 0 amide bonds. The van der Waals surface area contributed by atoms with E-state index in [0.717, 1.165) is 22.2 Å². The SMILES string of the molecule is CCCOc1ccc(/C=N\n2c(C)n[nH]c2=S)cc1Br. The van der Waals surface area contributed by atoms with Crippen LogP contribution in [0.1, 0.15) is 24.7 Å². The fraction of sp³-hybridized carbons (Fsp3) is 0.308. The molecule has 1 aromatic carbocycles. The summed E-state index contributed by atoms with van der Waals surface area (Å²) >= 11 is 8.58. The molecule has 0 saturated heterocycles. The van der Waals surface area contributed by atoms with E-state index in [9.17, 15) is 0 Å². The van der Waals surface area contributed by atoms with Gasteiger partial charge in [0, 0.05) is 0 Å². The highest BCUT2D eigenvalue weighted by atomic mass is 79.9. The van der Waals surface area contributed by atoms with Gasteiger partial charge in [-0.3, -0.25) is 5.10 Å². The van der Waals surface area contributed by atoms with E-state index in [0.29, 0.717) is 17.2 Å². The Kier molecular flexibility index (Phi) is 5.08. The number of rotatable bonds is 5. The van der Waals surface area contributed by atoms with E-state index in [-0.39, 0.29) is 0 Å². The Hall–Kier alpha value is -1.47. The third-order valence-corrected chi connectivity index (χ3v) is 3.44. The summed E-state index contributed by atoms with van der Waals surface area (Å²) in [6.07, 6.45) is 2.71. The molecule has 7 heteroatoms. The number of nitrogens with one attached hydrogen (secondary N) is 1. The van der Waals surface area contributed by atoms with E-state index < -0.39 is 0 Å². The number of hydrogen-bond acceptors (Lipinski definition) is 4. The normalized spacial score (nSPS) is 11.2. The van der Waals surface area contributed by atoms with Crippen LogP contribution in [0.4, 0.5) is 0 Å². The molecule has 2 aromatic rings. The maximum Gasteiger partial charge on any atom is 0.216 e. The van der Waals surface area contributed by atoms with Gasteiger partial charge in [0.2, 0.25) is 4.77 Å².